The predicted octanol–water partition coefficient (Wildman–Crippen LogP) is 3.44. The molecule has 2 unspecified atom stereocenters. The van der Waals surface area contributed by atoms with Crippen LogP contribution in [0.2, 0.25) is 5.02 Å². The Morgan fingerprint density at radius 2 is 2.00 bits per heavy atom. The van der Waals surface area contributed by atoms with Crippen LogP contribution in [0.15, 0.2) is 42.5 Å². The van der Waals surface area contributed by atoms with Gasteiger partial charge in [0.25, 0.3) is 0 Å². The standard InChI is InChI=1S/C18H21ClN2O/c1-12-6-7-14(9-16(12)19)13-4-3-5-15(8-13)18(2)11-21-10-17(20)22-18/h3-9,17,21H,10-11,20H2,1-2H3. The summed E-state index contributed by atoms with van der Waals surface area (Å²) in [5, 5.41) is 4.11. The van der Waals surface area contributed by atoms with Crippen molar-refractivity contribution >= 4 is 11.6 Å². The molecule has 1 aliphatic heterocycles. The number of morpholine rings is 1. The smallest absolute Gasteiger partial charge is 0.119 e. The van der Waals surface area contributed by atoms with Crippen LogP contribution in [-0.4, -0.2) is 19.3 Å². The summed E-state index contributed by atoms with van der Waals surface area (Å²) in [6.07, 6.45) is -0.281. The van der Waals surface area contributed by atoms with Crippen LogP contribution in [0.1, 0.15) is 18.1 Å². The highest BCUT2D eigenvalue weighted by Crippen LogP contribution is 2.32. The minimum atomic E-state index is -0.415. The number of ether oxygens (including phenoxy) is 1. The molecule has 116 valence electrons. The van der Waals surface area contributed by atoms with Gasteiger partial charge in [-0.05, 0) is 48.2 Å². The van der Waals surface area contributed by atoms with Gasteiger partial charge in [-0.15, -0.1) is 0 Å². The van der Waals surface area contributed by atoms with Gasteiger partial charge in [-0.2, -0.15) is 0 Å². The molecule has 0 aliphatic carbocycles. The summed E-state index contributed by atoms with van der Waals surface area (Å²) in [6.45, 7) is 5.51. The zero-order valence-electron chi connectivity index (χ0n) is 12.9. The second-order valence-electron chi connectivity index (χ2n) is 6.06. The lowest BCUT2D eigenvalue weighted by Crippen LogP contribution is -2.53. The Kier molecular flexibility index (Phi) is 4.24. The molecule has 0 spiro atoms. The molecule has 1 saturated heterocycles. The van der Waals surface area contributed by atoms with Gasteiger partial charge in [0.2, 0.25) is 0 Å². The molecular weight excluding hydrogens is 296 g/mol. The molecule has 0 amide bonds. The van der Waals surface area contributed by atoms with Gasteiger partial charge in [-0.25, -0.2) is 0 Å². The summed E-state index contributed by atoms with van der Waals surface area (Å²) in [4.78, 5) is 0. The van der Waals surface area contributed by atoms with Gasteiger partial charge in [-0.1, -0.05) is 41.9 Å². The van der Waals surface area contributed by atoms with Crippen molar-refractivity contribution in [2.45, 2.75) is 25.7 Å². The monoisotopic (exact) mass is 316 g/mol. The fourth-order valence-electron chi connectivity index (χ4n) is 2.84. The summed E-state index contributed by atoms with van der Waals surface area (Å²) in [5.41, 5.74) is 9.95. The molecule has 0 bridgehead atoms. The quantitative estimate of drug-likeness (QED) is 0.892. The minimum absolute atomic E-state index is 0.281. The van der Waals surface area contributed by atoms with Crippen LogP contribution < -0.4 is 11.1 Å². The summed E-state index contributed by atoms with van der Waals surface area (Å²) in [7, 11) is 0. The van der Waals surface area contributed by atoms with E-state index in [1.165, 1.54) is 0 Å². The van der Waals surface area contributed by atoms with Crippen LogP contribution >= 0.6 is 11.6 Å². The molecule has 0 aromatic heterocycles. The van der Waals surface area contributed by atoms with Gasteiger partial charge < -0.3 is 15.8 Å². The maximum Gasteiger partial charge on any atom is 0.119 e. The Balaban J connectivity index is 1.97. The van der Waals surface area contributed by atoms with Gasteiger partial charge in [0.05, 0.1) is 0 Å². The lowest BCUT2D eigenvalue weighted by molar-refractivity contribution is -0.107. The molecule has 22 heavy (non-hydrogen) atoms. The van der Waals surface area contributed by atoms with Gasteiger partial charge >= 0.3 is 0 Å². The van der Waals surface area contributed by atoms with E-state index >= 15 is 0 Å². The summed E-state index contributed by atoms with van der Waals surface area (Å²) in [5.74, 6) is 0. The molecule has 2 aromatic rings. The number of hydrogen-bond acceptors (Lipinski definition) is 3. The molecule has 1 aliphatic rings. The SMILES string of the molecule is Cc1ccc(-c2cccc(C3(C)CNCC(N)O3)c2)cc1Cl. The first-order valence-corrected chi connectivity index (χ1v) is 7.87. The first kappa shape index (κ1) is 15.5. The second-order valence-corrected chi connectivity index (χ2v) is 6.47. The molecule has 3 nitrogen and oxygen atoms in total. The molecule has 4 heteroatoms. The first-order valence-electron chi connectivity index (χ1n) is 7.49. The number of aryl methyl sites for hydroxylation is 1. The lowest BCUT2D eigenvalue weighted by Gasteiger charge is -2.38. The first-order chi connectivity index (χ1) is 10.5. The number of hydrogen-bond donors (Lipinski definition) is 2. The third-order valence-corrected chi connectivity index (χ3v) is 4.60. The highest BCUT2D eigenvalue weighted by Gasteiger charge is 2.33. The Labute approximate surface area is 136 Å². The van der Waals surface area contributed by atoms with E-state index in [1.54, 1.807) is 0 Å². The molecule has 1 fully saturated rings. The number of halogens is 1. The van der Waals surface area contributed by atoms with Crippen molar-refractivity contribution in [3.63, 3.8) is 0 Å². The average Bonchev–Trinajstić information content (AvgIpc) is 2.50. The summed E-state index contributed by atoms with van der Waals surface area (Å²) in [6, 6.07) is 14.5. The van der Waals surface area contributed by atoms with E-state index in [2.05, 4.69) is 36.5 Å². The van der Waals surface area contributed by atoms with Crippen LogP contribution in [0.4, 0.5) is 0 Å². The van der Waals surface area contributed by atoms with E-state index in [4.69, 9.17) is 22.1 Å². The number of nitrogens with two attached hydrogens (primary N) is 1. The van der Waals surface area contributed by atoms with Gasteiger partial charge in [0, 0.05) is 18.1 Å². The highest BCUT2D eigenvalue weighted by atomic mass is 35.5. The lowest BCUT2D eigenvalue weighted by atomic mass is 9.91. The molecule has 2 aromatic carbocycles. The van der Waals surface area contributed by atoms with E-state index in [-0.39, 0.29) is 6.23 Å². The molecule has 0 saturated carbocycles. The van der Waals surface area contributed by atoms with Crippen molar-refractivity contribution in [1.29, 1.82) is 0 Å². The van der Waals surface area contributed by atoms with E-state index < -0.39 is 5.60 Å². The fraction of sp³-hybridized carbons (Fsp3) is 0.333. The van der Waals surface area contributed by atoms with Crippen molar-refractivity contribution in [2.75, 3.05) is 13.1 Å². The van der Waals surface area contributed by atoms with E-state index in [0.29, 0.717) is 6.54 Å². The maximum atomic E-state index is 6.25. The van der Waals surface area contributed by atoms with Crippen molar-refractivity contribution in [1.82, 2.24) is 5.32 Å². The Hall–Kier alpha value is -1.39. The van der Waals surface area contributed by atoms with Crippen LogP contribution in [0.5, 0.6) is 0 Å². The van der Waals surface area contributed by atoms with E-state index in [9.17, 15) is 0 Å². The summed E-state index contributed by atoms with van der Waals surface area (Å²) >= 11 is 6.25. The Morgan fingerprint density at radius 3 is 2.73 bits per heavy atom. The van der Waals surface area contributed by atoms with E-state index in [1.807, 2.05) is 25.1 Å². The van der Waals surface area contributed by atoms with Crippen LogP contribution in [0.3, 0.4) is 0 Å². The van der Waals surface area contributed by atoms with Crippen LogP contribution in [-0.2, 0) is 10.3 Å². The minimum Gasteiger partial charge on any atom is -0.350 e. The van der Waals surface area contributed by atoms with Crippen molar-refractivity contribution in [3.05, 3.63) is 58.6 Å². The maximum absolute atomic E-state index is 6.25. The third kappa shape index (κ3) is 3.03. The van der Waals surface area contributed by atoms with Gasteiger partial charge in [0.15, 0.2) is 0 Å². The second kappa shape index (κ2) is 6.01. The van der Waals surface area contributed by atoms with Crippen LogP contribution in [0.25, 0.3) is 11.1 Å². The van der Waals surface area contributed by atoms with Gasteiger partial charge in [-0.3, -0.25) is 0 Å². The Morgan fingerprint density at radius 1 is 1.23 bits per heavy atom. The fourth-order valence-corrected chi connectivity index (χ4v) is 3.02. The number of rotatable bonds is 2. The highest BCUT2D eigenvalue weighted by molar-refractivity contribution is 6.31. The molecule has 3 N–H and O–H groups in total. The third-order valence-electron chi connectivity index (χ3n) is 4.20. The number of nitrogens with one attached hydrogen (secondary N) is 1. The van der Waals surface area contributed by atoms with Crippen molar-refractivity contribution < 1.29 is 4.74 Å². The molecular formula is C18H21ClN2O. The number of benzene rings is 2. The van der Waals surface area contributed by atoms with E-state index in [0.717, 1.165) is 33.8 Å². The zero-order chi connectivity index (χ0) is 15.7. The normalized spacial score (nSPS) is 25.2. The zero-order valence-corrected chi connectivity index (χ0v) is 13.7. The summed E-state index contributed by atoms with van der Waals surface area (Å²) < 4.78 is 5.98. The van der Waals surface area contributed by atoms with Gasteiger partial charge in [0.1, 0.15) is 11.8 Å². The predicted molar refractivity (Wildman–Crippen MR) is 90.9 cm³/mol. The largest absolute Gasteiger partial charge is 0.350 e. The van der Waals surface area contributed by atoms with Crippen molar-refractivity contribution in [2.24, 2.45) is 5.73 Å². The van der Waals surface area contributed by atoms with Crippen LogP contribution in [0, 0.1) is 6.92 Å². The molecule has 1 heterocycles. The molecule has 3 rings (SSSR count). The molecule has 2 atom stereocenters. The Bertz CT molecular complexity index is 689. The molecule has 0 radical (unpaired) electrons. The van der Waals surface area contributed by atoms with Crippen molar-refractivity contribution in [3.8, 4) is 11.1 Å². The average molecular weight is 317 g/mol. The topological polar surface area (TPSA) is 47.3 Å².